The van der Waals surface area contributed by atoms with E-state index in [0.717, 1.165) is 47.5 Å². The number of nitrogens with zero attached hydrogens (tertiary/aromatic N) is 2. The first-order chi connectivity index (χ1) is 12.0. The molecule has 25 heavy (non-hydrogen) atoms. The fraction of sp³-hybridized carbons (Fsp3) is 0.474. The topological polar surface area (TPSA) is 67.2 Å². The maximum Gasteiger partial charge on any atom is 0.356 e. The molecule has 2 aromatic rings. The van der Waals surface area contributed by atoms with E-state index in [9.17, 15) is 9.90 Å². The van der Waals surface area contributed by atoms with Gasteiger partial charge < -0.3 is 10.4 Å². The van der Waals surface area contributed by atoms with Gasteiger partial charge in [0, 0.05) is 34.4 Å². The number of aryl methyl sites for hydroxylation is 1. The zero-order valence-corrected chi connectivity index (χ0v) is 15.0. The lowest BCUT2D eigenvalue weighted by molar-refractivity contribution is 0.0688. The number of carboxylic acid groups (broad SMARTS) is 1. The molecule has 2 aliphatic carbocycles. The van der Waals surface area contributed by atoms with Crippen molar-refractivity contribution in [3.05, 3.63) is 51.8 Å². The van der Waals surface area contributed by atoms with E-state index in [4.69, 9.17) is 11.6 Å². The lowest BCUT2D eigenvalue weighted by Crippen LogP contribution is -2.42. The van der Waals surface area contributed by atoms with Crippen LogP contribution in [0.2, 0.25) is 5.02 Å². The number of carboxylic acids is 1. The molecule has 1 aromatic heterocycles. The van der Waals surface area contributed by atoms with Gasteiger partial charge in [0.25, 0.3) is 0 Å². The number of rotatable bonds is 5. The third kappa shape index (κ3) is 2.85. The van der Waals surface area contributed by atoms with Crippen LogP contribution in [0.4, 0.5) is 0 Å². The molecule has 0 amide bonds. The Morgan fingerprint density at radius 3 is 2.84 bits per heavy atom. The fourth-order valence-electron chi connectivity index (χ4n) is 4.10. The first kappa shape index (κ1) is 16.6. The fourth-order valence-corrected chi connectivity index (χ4v) is 4.42. The monoisotopic (exact) mass is 359 g/mol. The molecule has 1 heterocycles. The Morgan fingerprint density at radius 1 is 1.44 bits per heavy atom. The molecule has 4 rings (SSSR count). The van der Waals surface area contributed by atoms with Crippen LogP contribution in [0.3, 0.4) is 0 Å². The highest BCUT2D eigenvalue weighted by Crippen LogP contribution is 2.48. The van der Waals surface area contributed by atoms with Gasteiger partial charge in [-0.05, 0) is 50.7 Å². The zero-order valence-electron chi connectivity index (χ0n) is 14.3. The van der Waals surface area contributed by atoms with Gasteiger partial charge in [0.15, 0.2) is 5.69 Å². The molecule has 0 unspecified atom stereocenters. The van der Waals surface area contributed by atoms with E-state index < -0.39 is 5.97 Å². The van der Waals surface area contributed by atoms with Gasteiger partial charge in [-0.3, -0.25) is 4.68 Å². The second kappa shape index (κ2) is 6.15. The van der Waals surface area contributed by atoms with Gasteiger partial charge >= 0.3 is 5.97 Å². The van der Waals surface area contributed by atoms with Gasteiger partial charge in [-0.25, -0.2) is 4.79 Å². The largest absolute Gasteiger partial charge is 0.476 e. The quantitative estimate of drug-likeness (QED) is 0.858. The molecule has 2 aliphatic rings. The molecule has 0 bridgehead atoms. The molecule has 0 spiro atoms. The molecule has 2 N–H and O–H groups in total. The first-order valence-corrected chi connectivity index (χ1v) is 9.26. The van der Waals surface area contributed by atoms with Crippen LogP contribution in [0.15, 0.2) is 24.3 Å². The molecule has 1 aromatic carbocycles. The molecule has 6 heteroatoms. The van der Waals surface area contributed by atoms with Crippen molar-refractivity contribution in [2.75, 3.05) is 0 Å². The Kier molecular flexibility index (Phi) is 4.08. The smallest absolute Gasteiger partial charge is 0.356 e. The van der Waals surface area contributed by atoms with Crippen molar-refractivity contribution in [1.29, 1.82) is 0 Å². The summed E-state index contributed by atoms with van der Waals surface area (Å²) in [6.07, 6.45) is 4.70. The molecule has 132 valence electrons. The molecule has 0 saturated heterocycles. The Hall–Kier alpha value is -1.85. The summed E-state index contributed by atoms with van der Waals surface area (Å²) in [6, 6.07) is 8.25. The summed E-state index contributed by atoms with van der Waals surface area (Å²) in [7, 11) is 0. The number of benzene rings is 1. The van der Waals surface area contributed by atoms with Gasteiger partial charge in [-0.1, -0.05) is 29.8 Å². The predicted molar refractivity (Wildman–Crippen MR) is 96.2 cm³/mol. The van der Waals surface area contributed by atoms with E-state index in [-0.39, 0.29) is 17.3 Å². The van der Waals surface area contributed by atoms with Crippen molar-refractivity contribution in [3.63, 3.8) is 0 Å². The van der Waals surface area contributed by atoms with Crippen LogP contribution in [0.5, 0.6) is 0 Å². The average Bonchev–Trinajstić information content (AvgIpc) is 3.27. The highest BCUT2D eigenvalue weighted by molar-refractivity contribution is 6.31. The summed E-state index contributed by atoms with van der Waals surface area (Å²) < 4.78 is 1.84. The van der Waals surface area contributed by atoms with Crippen LogP contribution in [-0.2, 0) is 24.9 Å². The minimum atomic E-state index is -0.934. The summed E-state index contributed by atoms with van der Waals surface area (Å²) in [5.74, 6) is -0.934. The number of nitrogens with one attached hydrogen (secondary N) is 1. The minimum absolute atomic E-state index is 0.0509. The van der Waals surface area contributed by atoms with Crippen molar-refractivity contribution in [3.8, 4) is 0 Å². The van der Waals surface area contributed by atoms with E-state index >= 15 is 0 Å². The van der Waals surface area contributed by atoms with Gasteiger partial charge in [0.05, 0.1) is 0 Å². The molecule has 0 radical (unpaired) electrons. The van der Waals surface area contributed by atoms with Crippen LogP contribution in [0, 0.1) is 0 Å². The number of aromatic carboxylic acids is 1. The van der Waals surface area contributed by atoms with E-state index in [1.807, 2.05) is 29.8 Å². The summed E-state index contributed by atoms with van der Waals surface area (Å²) >= 11 is 6.41. The SMILES string of the molecule is CCn1nc(C(=O)O)c2c1CC[C@@H](NC1(c3ccccc3Cl)CC1)C2. The Morgan fingerprint density at radius 2 is 2.20 bits per heavy atom. The Labute approximate surface area is 152 Å². The van der Waals surface area contributed by atoms with Crippen molar-refractivity contribution in [2.45, 2.75) is 57.2 Å². The number of carbonyl (C=O) groups is 1. The molecular weight excluding hydrogens is 338 g/mol. The predicted octanol–water partition coefficient (Wildman–Crippen LogP) is 3.39. The highest BCUT2D eigenvalue weighted by Gasteiger charge is 2.47. The molecule has 1 fully saturated rings. The zero-order chi connectivity index (χ0) is 17.6. The first-order valence-electron chi connectivity index (χ1n) is 8.88. The van der Waals surface area contributed by atoms with Gasteiger partial charge in [0.1, 0.15) is 0 Å². The number of hydrogen-bond donors (Lipinski definition) is 2. The van der Waals surface area contributed by atoms with Gasteiger partial charge in [-0.2, -0.15) is 5.10 Å². The van der Waals surface area contributed by atoms with Crippen molar-refractivity contribution < 1.29 is 9.90 Å². The summed E-state index contributed by atoms with van der Waals surface area (Å²) in [5.41, 5.74) is 3.30. The van der Waals surface area contributed by atoms with Crippen LogP contribution in [0.1, 0.15) is 53.5 Å². The third-order valence-electron chi connectivity index (χ3n) is 5.47. The van der Waals surface area contributed by atoms with Crippen molar-refractivity contribution in [2.24, 2.45) is 0 Å². The lowest BCUT2D eigenvalue weighted by atomic mass is 9.90. The van der Waals surface area contributed by atoms with Crippen molar-refractivity contribution >= 4 is 17.6 Å². The van der Waals surface area contributed by atoms with E-state index in [2.05, 4.69) is 16.5 Å². The third-order valence-corrected chi connectivity index (χ3v) is 5.80. The number of aromatic nitrogens is 2. The molecular formula is C19H22ClN3O2. The summed E-state index contributed by atoms with van der Waals surface area (Å²) in [4.78, 5) is 11.6. The Balaban J connectivity index is 1.58. The normalized spacial score (nSPS) is 21.0. The molecule has 1 saturated carbocycles. The van der Waals surface area contributed by atoms with E-state index in [1.54, 1.807) is 0 Å². The highest BCUT2D eigenvalue weighted by atomic mass is 35.5. The van der Waals surface area contributed by atoms with Crippen LogP contribution in [0.25, 0.3) is 0 Å². The molecule has 5 nitrogen and oxygen atoms in total. The molecule has 1 atom stereocenters. The van der Waals surface area contributed by atoms with E-state index in [1.165, 1.54) is 0 Å². The maximum absolute atomic E-state index is 11.6. The summed E-state index contributed by atoms with van der Waals surface area (Å²) in [6.45, 7) is 2.71. The van der Waals surface area contributed by atoms with Gasteiger partial charge in [0.2, 0.25) is 0 Å². The number of fused-ring (bicyclic) bond motifs is 1. The number of halogens is 1. The number of hydrogen-bond acceptors (Lipinski definition) is 3. The van der Waals surface area contributed by atoms with Gasteiger partial charge in [-0.15, -0.1) is 0 Å². The van der Waals surface area contributed by atoms with Crippen LogP contribution >= 0.6 is 11.6 Å². The minimum Gasteiger partial charge on any atom is -0.476 e. The molecule has 0 aliphatic heterocycles. The second-order valence-electron chi connectivity index (χ2n) is 7.04. The van der Waals surface area contributed by atoms with Crippen molar-refractivity contribution in [1.82, 2.24) is 15.1 Å². The van der Waals surface area contributed by atoms with Crippen LogP contribution < -0.4 is 5.32 Å². The second-order valence-corrected chi connectivity index (χ2v) is 7.45. The average molecular weight is 360 g/mol. The standard InChI is InChI=1S/C19H22ClN3O2/c1-2-23-16-8-7-12(11-13(16)17(22-23)18(24)25)21-19(9-10-19)14-5-3-4-6-15(14)20/h3-6,12,21H,2,7-11H2,1H3,(H,24,25)/t12-/m1/s1. The Bertz CT molecular complexity index is 826. The summed E-state index contributed by atoms with van der Waals surface area (Å²) in [5, 5.41) is 18.4. The van der Waals surface area contributed by atoms with Crippen LogP contribution in [-0.4, -0.2) is 26.9 Å². The van der Waals surface area contributed by atoms with E-state index in [0.29, 0.717) is 13.0 Å². The lowest BCUT2D eigenvalue weighted by Gasteiger charge is -2.30. The maximum atomic E-state index is 11.6.